The Bertz CT molecular complexity index is 599. The van der Waals surface area contributed by atoms with Crippen LogP contribution in [0.25, 0.3) is 10.8 Å². The average Bonchev–Trinajstić information content (AvgIpc) is 2.54. The Balaban J connectivity index is 2.11. The number of ether oxygens (including phenoxy) is 2. The predicted molar refractivity (Wildman–Crippen MR) is 94.8 cm³/mol. The lowest BCUT2D eigenvalue weighted by Crippen LogP contribution is -2.00. The highest BCUT2D eigenvalue weighted by Gasteiger charge is 2.12. The smallest absolute Gasteiger partial charge is 0.145 e. The maximum atomic E-state index is 6.35. The van der Waals surface area contributed by atoms with Crippen molar-refractivity contribution in [1.82, 2.24) is 0 Å². The number of fused-ring (bicyclic) bond motifs is 1. The summed E-state index contributed by atoms with van der Waals surface area (Å²) >= 11 is 12.0. The van der Waals surface area contributed by atoms with Gasteiger partial charge in [-0.25, -0.2) is 0 Å². The lowest BCUT2D eigenvalue weighted by Gasteiger charge is -2.14. The fourth-order valence-electron chi connectivity index (χ4n) is 2.43. The molecule has 0 fully saturated rings. The van der Waals surface area contributed by atoms with Gasteiger partial charge < -0.3 is 9.47 Å². The van der Waals surface area contributed by atoms with Crippen molar-refractivity contribution in [3.8, 4) is 11.5 Å². The van der Waals surface area contributed by atoms with Crippen molar-refractivity contribution in [3.63, 3.8) is 0 Å². The average molecular weight is 341 g/mol. The quantitative estimate of drug-likeness (QED) is 0.407. The lowest BCUT2D eigenvalue weighted by molar-refractivity contribution is 0.307. The number of alkyl halides is 1. The maximum absolute atomic E-state index is 6.35. The second-order valence-corrected chi connectivity index (χ2v) is 5.90. The van der Waals surface area contributed by atoms with Crippen LogP contribution in [-0.2, 0) is 0 Å². The molecule has 0 aromatic heterocycles. The number of hydrogen-bond acceptors (Lipinski definition) is 2. The Morgan fingerprint density at radius 2 is 1.68 bits per heavy atom. The van der Waals surface area contributed by atoms with Crippen LogP contribution in [0.3, 0.4) is 0 Å². The number of halogens is 2. The van der Waals surface area contributed by atoms with E-state index in [9.17, 15) is 0 Å². The highest BCUT2D eigenvalue weighted by molar-refractivity contribution is 6.33. The topological polar surface area (TPSA) is 18.5 Å². The summed E-state index contributed by atoms with van der Waals surface area (Å²) in [5.41, 5.74) is 0. The molecular weight excluding hydrogens is 319 g/mol. The number of benzene rings is 2. The van der Waals surface area contributed by atoms with Crippen molar-refractivity contribution >= 4 is 34.0 Å². The third-order valence-corrected chi connectivity index (χ3v) is 4.03. The minimum absolute atomic E-state index is 0.588. The monoisotopic (exact) mass is 340 g/mol. The van der Waals surface area contributed by atoms with Crippen LogP contribution in [0.4, 0.5) is 0 Å². The SMILES string of the molecule is CCOc1c(Cl)cc(OCCCCCCCl)c2ccccc12. The largest absolute Gasteiger partial charge is 0.493 e. The van der Waals surface area contributed by atoms with Gasteiger partial charge in [0.05, 0.1) is 18.2 Å². The Labute approximate surface area is 142 Å². The molecule has 0 aliphatic carbocycles. The summed E-state index contributed by atoms with van der Waals surface area (Å²) in [6.45, 7) is 3.23. The number of rotatable bonds is 9. The number of unbranched alkanes of at least 4 members (excludes halogenated alkanes) is 3. The van der Waals surface area contributed by atoms with Crippen LogP contribution in [0.2, 0.25) is 5.02 Å². The summed E-state index contributed by atoms with van der Waals surface area (Å²) in [4.78, 5) is 0. The van der Waals surface area contributed by atoms with Crippen LogP contribution >= 0.6 is 23.2 Å². The molecule has 0 aliphatic rings. The Hall–Kier alpha value is -1.12. The van der Waals surface area contributed by atoms with Crippen LogP contribution < -0.4 is 9.47 Å². The van der Waals surface area contributed by atoms with Crippen molar-refractivity contribution in [3.05, 3.63) is 35.4 Å². The summed E-state index contributed by atoms with van der Waals surface area (Å²) in [5.74, 6) is 2.29. The first-order valence-electron chi connectivity index (χ1n) is 7.80. The van der Waals surface area contributed by atoms with E-state index in [4.69, 9.17) is 32.7 Å². The number of hydrogen-bond donors (Lipinski definition) is 0. The van der Waals surface area contributed by atoms with Gasteiger partial charge in [0.2, 0.25) is 0 Å². The van der Waals surface area contributed by atoms with Crippen LogP contribution in [-0.4, -0.2) is 19.1 Å². The molecule has 4 heteroatoms. The summed E-state index contributed by atoms with van der Waals surface area (Å²) in [7, 11) is 0. The van der Waals surface area contributed by atoms with E-state index in [1.807, 2.05) is 37.3 Å². The third-order valence-electron chi connectivity index (χ3n) is 3.49. The molecule has 0 spiro atoms. The summed E-state index contributed by atoms with van der Waals surface area (Å²) < 4.78 is 11.6. The van der Waals surface area contributed by atoms with Crippen LogP contribution in [0.5, 0.6) is 11.5 Å². The fraction of sp³-hybridized carbons (Fsp3) is 0.444. The van der Waals surface area contributed by atoms with E-state index in [0.29, 0.717) is 18.2 Å². The van der Waals surface area contributed by atoms with Crippen molar-refractivity contribution in [2.24, 2.45) is 0 Å². The first-order chi connectivity index (χ1) is 10.8. The van der Waals surface area contributed by atoms with Gasteiger partial charge in [-0.2, -0.15) is 0 Å². The van der Waals surface area contributed by atoms with Crippen molar-refractivity contribution in [1.29, 1.82) is 0 Å². The second kappa shape index (κ2) is 9.12. The highest BCUT2D eigenvalue weighted by atomic mass is 35.5. The van der Waals surface area contributed by atoms with E-state index >= 15 is 0 Å². The van der Waals surface area contributed by atoms with Crippen LogP contribution in [0, 0.1) is 0 Å². The zero-order valence-electron chi connectivity index (χ0n) is 12.9. The molecule has 0 radical (unpaired) electrons. The maximum Gasteiger partial charge on any atom is 0.145 e. The lowest BCUT2D eigenvalue weighted by atomic mass is 10.1. The summed E-state index contributed by atoms with van der Waals surface area (Å²) in [5, 5.41) is 2.63. The van der Waals surface area contributed by atoms with Gasteiger partial charge in [0, 0.05) is 22.7 Å². The Morgan fingerprint density at radius 1 is 0.955 bits per heavy atom. The van der Waals surface area contributed by atoms with Crippen molar-refractivity contribution < 1.29 is 9.47 Å². The molecule has 2 nitrogen and oxygen atoms in total. The van der Waals surface area contributed by atoms with Crippen molar-refractivity contribution in [2.75, 3.05) is 19.1 Å². The van der Waals surface area contributed by atoms with E-state index in [1.54, 1.807) is 0 Å². The molecule has 0 saturated heterocycles. The van der Waals surface area contributed by atoms with Crippen molar-refractivity contribution in [2.45, 2.75) is 32.6 Å². The molecule has 0 aliphatic heterocycles. The fourth-order valence-corrected chi connectivity index (χ4v) is 2.87. The van der Waals surface area contributed by atoms with E-state index in [2.05, 4.69) is 0 Å². The van der Waals surface area contributed by atoms with Gasteiger partial charge in [-0.3, -0.25) is 0 Å². The summed E-state index contributed by atoms with van der Waals surface area (Å²) in [6.07, 6.45) is 4.38. The molecule has 2 rings (SSSR count). The Morgan fingerprint density at radius 3 is 2.41 bits per heavy atom. The molecule has 120 valence electrons. The van der Waals surface area contributed by atoms with Crippen LogP contribution in [0.1, 0.15) is 32.6 Å². The molecule has 22 heavy (non-hydrogen) atoms. The minimum atomic E-state index is 0.588. The van der Waals surface area contributed by atoms with Crippen LogP contribution in [0.15, 0.2) is 30.3 Å². The van der Waals surface area contributed by atoms with Gasteiger partial charge in [0.15, 0.2) is 0 Å². The molecule has 2 aromatic carbocycles. The van der Waals surface area contributed by atoms with Gasteiger partial charge in [0.25, 0.3) is 0 Å². The molecular formula is C18H22Cl2O2. The predicted octanol–water partition coefficient (Wildman–Crippen LogP) is 6.07. The standard InChI is InChI=1S/C18H22Cl2O2/c1-2-21-18-15-10-6-5-9-14(15)17(13-16(18)20)22-12-8-4-3-7-11-19/h5-6,9-10,13H,2-4,7-8,11-12H2,1H3. The first kappa shape index (κ1) is 17.2. The first-order valence-corrected chi connectivity index (χ1v) is 8.72. The molecule has 2 aromatic rings. The molecule has 0 N–H and O–H groups in total. The summed E-state index contributed by atoms with van der Waals surface area (Å²) in [6, 6.07) is 9.89. The zero-order valence-corrected chi connectivity index (χ0v) is 14.4. The third kappa shape index (κ3) is 4.44. The normalized spacial score (nSPS) is 10.9. The molecule has 0 bridgehead atoms. The van der Waals surface area contributed by atoms with E-state index in [0.717, 1.165) is 53.8 Å². The van der Waals surface area contributed by atoms with E-state index in [1.165, 1.54) is 0 Å². The van der Waals surface area contributed by atoms with Gasteiger partial charge in [-0.05, 0) is 19.8 Å². The van der Waals surface area contributed by atoms with E-state index in [-0.39, 0.29) is 0 Å². The second-order valence-electron chi connectivity index (χ2n) is 5.12. The highest BCUT2D eigenvalue weighted by Crippen LogP contribution is 2.39. The molecule has 0 unspecified atom stereocenters. The molecule has 0 atom stereocenters. The van der Waals surface area contributed by atoms with Gasteiger partial charge in [-0.1, -0.05) is 48.7 Å². The zero-order chi connectivity index (χ0) is 15.8. The molecule has 0 amide bonds. The van der Waals surface area contributed by atoms with Gasteiger partial charge in [0.1, 0.15) is 11.5 Å². The van der Waals surface area contributed by atoms with Gasteiger partial charge in [-0.15, -0.1) is 11.6 Å². The molecule has 0 saturated carbocycles. The molecule has 0 heterocycles. The van der Waals surface area contributed by atoms with E-state index < -0.39 is 0 Å². The minimum Gasteiger partial charge on any atom is -0.493 e. The van der Waals surface area contributed by atoms with Gasteiger partial charge >= 0.3 is 0 Å². The Kier molecular flexibility index (Phi) is 7.14.